The van der Waals surface area contributed by atoms with Crippen molar-refractivity contribution in [1.29, 1.82) is 0 Å². The zero-order valence-electron chi connectivity index (χ0n) is 10.8. The Morgan fingerprint density at radius 2 is 2.11 bits per heavy atom. The van der Waals surface area contributed by atoms with E-state index in [1.54, 1.807) is 24.1 Å². The first-order valence-electron chi connectivity index (χ1n) is 5.82. The smallest absolute Gasteiger partial charge is 0.224 e. The summed E-state index contributed by atoms with van der Waals surface area (Å²) < 4.78 is 0. The molecule has 1 aromatic carbocycles. The van der Waals surface area contributed by atoms with Crippen LogP contribution in [0.2, 0.25) is 10.0 Å². The molecule has 1 aromatic rings. The summed E-state index contributed by atoms with van der Waals surface area (Å²) in [4.78, 5) is 13.6. The van der Waals surface area contributed by atoms with Crippen molar-refractivity contribution in [1.82, 2.24) is 10.2 Å². The third-order valence-electron chi connectivity index (χ3n) is 2.98. The molecular formula is C13H18Cl2N2O. The number of carbonyl (C=O) groups is 1. The van der Waals surface area contributed by atoms with Gasteiger partial charge in [0.1, 0.15) is 0 Å². The quantitative estimate of drug-likeness (QED) is 0.903. The molecule has 0 aliphatic rings. The Bertz CT molecular complexity index is 423. The van der Waals surface area contributed by atoms with E-state index < -0.39 is 0 Å². The van der Waals surface area contributed by atoms with Crippen LogP contribution in [0, 0.1) is 0 Å². The second-order valence-electron chi connectivity index (χ2n) is 4.20. The molecule has 0 bridgehead atoms. The van der Waals surface area contributed by atoms with Gasteiger partial charge in [-0.15, -0.1) is 0 Å². The number of rotatable bonds is 5. The summed E-state index contributed by atoms with van der Waals surface area (Å²) in [5.74, 6) is 0.0860. The molecule has 0 spiro atoms. The minimum Gasteiger partial charge on any atom is -0.339 e. The van der Waals surface area contributed by atoms with Crippen LogP contribution in [0.1, 0.15) is 24.9 Å². The fourth-order valence-corrected chi connectivity index (χ4v) is 2.24. The van der Waals surface area contributed by atoms with Crippen molar-refractivity contribution in [2.24, 2.45) is 0 Å². The molecule has 1 atom stereocenters. The summed E-state index contributed by atoms with van der Waals surface area (Å²) in [6, 6.07) is 5.27. The third kappa shape index (κ3) is 3.87. The number of halogens is 2. The van der Waals surface area contributed by atoms with E-state index in [4.69, 9.17) is 23.2 Å². The van der Waals surface area contributed by atoms with Crippen LogP contribution in [0.3, 0.4) is 0 Å². The maximum atomic E-state index is 11.9. The van der Waals surface area contributed by atoms with Gasteiger partial charge in [-0.3, -0.25) is 4.79 Å². The number of hydrogen-bond donors (Lipinski definition) is 1. The van der Waals surface area contributed by atoms with Crippen molar-refractivity contribution in [3.8, 4) is 0 Å². The molecule has 3 nitrogen and oxygen atoms in total. The number of benzene rings is 1. The normalized spacial score (nSPS) is 12.3. The van der Waals surface area contributed by atoms with Gasteiger partial charge < -0.3 is 10.2 Å². The number of hydrogen-bond acceptors (Lipinski definition) is 2. The summed E-state index contributed by atoms with van der Waals surface area (Å²) in [6.07, 6.45) is 0.475. The molecule has 0 aliphatic carbocycles. The van der Waals surface area contributed by atoms with E-state index in [9.17, 15) is 4.79 Å². The van der Waals surface area contributed by atoms with Crippen LogP contribution in [0.5, 0.6) is 0 Å². The van der Waals surface area contributed by atoms with E-state index in [2.05, 4.69) is 5.32 Å². The molecule has 0 heterocycles. The second-order valence-corrected chi connectivity index (χ2v) is 5.04. The maximum Gasteiger partial charge on any atom is 0.224 e. The lowest BCUT2D eigenvalue weighted by Gasteiger charge is -2.26. The summed E-state index contributed by atoms with van der Waals surface area (Å²) in [5.41, 5.74) is 0.904. The molecule has 1 rings (SSSR count). The highest BCUT2D eigenvalue weighted by atomic mass is 35.5. The maximum absolute atomic E-state index is 11.9. The van der Waals surface area contributed by atoms with Gasteiger partial charge in [0.2, 0.25) is 5.91 Å². The molecule has 1 N–H and O–H groups in total. The van der Waals surface area contributed by atoms with Gasteiger partial charge in [-0.1, -0.05) is 29.3 Å². The van der Waals surface area contributed by atoms with Crippen molar-refractivity contribution in [3.05, 3.63) is 33.8 Å². The average molecular weight is 289 g/mol. The highest BCUT2D eigenvalue weighted by molar-refractivity contribution is 6.35. The summed E-state index contributed by atoms with van der Waals surface area (Å²) in [5, 5.41) is 4.14. The number of amides is 1. The lowest BCUT2D eigenvalue weighted by atomic mass is 10.1. The fraction of sp³-hybridized carbons (Fsp3) is 0.462. The Labute approximate surface area is 118 Å². The minimum atomic E-state index is -0.0703. The van der Waals surface area contributed by atoms with Gasteiger partial charge in [-0.2, -0.15) is 0 Å². The van der Waals surface area contributed by atoms with E-state index >= 15 is 0 Å². The van der Waals surface area contributed by atoms with Gasteiger partial charge in [0.05, 0.1) is 6.04 Å². The van der Waals surface area contributed by atoms with Gasteiger partial charge in [0.15, 0.2) is 0 Å². The van der Waals surface area contributed by atoms with E-state index in [1.165, 1.54) is 0 Å². The number of nitrogens with one attached hydrogen (secondary N) is 1. The third-order valence-corrected chi connectivity index (χ3v) is 3.54. The molecule has 1 amide bonds. The molecule has 0 aromatic heterocycles. The SMILES string of the molecule is CNCCC(=O)N(C)C(C)c1ccc(Cl)cc1Cl. The number of nitrogens with zero attached hydrogens (tertiary/aromatic N) is 1. The summed E-state index contributed by atoms with van der Waals surface area (Å²) in [7, 11) is 3.61. The predicted octanol–water partition coefficient (Wildman–Crippen LogP) is 3.12. The Morgan fingerprint density at radius 3 is 2.67 bits per heavy atom. The van der Waals surface area contributed by atoms with Crippen LogP contribution in [0.25, 0.3) is 0 Å². The molecule has 0 aliphatic heterocycles. The average Bonchev–Trinajstić information content (AvgIpc) is 2.34. The van der Waals surface area contributed by atoms with Crippen LogP contribution in [0.15, 0.2) is 18.2 Å². The summed E-state index contributed by atoms with van der Waals surface area (Å²) in [6.45, 7) is 2.62. The Balaban J connectivity index is 2.79. The lowest BCUT2D eigenvalue weighted by molar-refractivity contribution is -0.131. The molecule has 0 radical (unpaired) electrons. The number of carbonyl (C=O) groups excluding carboxylic acids is 1. The predicted molar refractivity (Wildman–Crippen MR) is 76.2 cm³/mol. The molecule has 5 heteroatoms. The molecular weight excluding hydrogens is 271 g/mol. The molecule has 100 valence electrons. The van der Waals surface area contributed by atoms with Crippen molar-refractivity contribution >= 4 is 29.1 Å². The van der Waals surface area contributed by atoms with Crippen molar-refractivity contribution in [2.45, 2.75) is 19.4 Å². The van der Waals surface area contributed by atoms with Crippen LogP contribution >= 0.6 is 23.2 Å². The van der Waals surface area contributed by atoms with Gasteiger partial charge in [0.25, 0.3) is 0 Å². The minimum absolute atomic E-state index is 0.0703. The molecule has 0 fully saturated rings. The van der Waals surface area contributed by atoms with Crippen molar-refractivity contribution in [3.63, 3.8) is 0 Å². The molecule has 18 heavy (non-hydrogen) atoms. The van der Waals surface area contributed by atoms with Gasteiger partial charge in [-0.05, 0) is 31.7 Å². The van der Waals surface area contributed by atoms with E-state index in [1.807, 2.05) is 20.0 Å². The van der Waals surface area contributed by atoms with Crippen LogP contribution in [0.4, 0.5) is 0 Å². The fourth-order valence-electron chi connectivity index (χ4n) is 1.67. The monoisotopic (exact) mass is 288 g/mol. The topological polar surface area (TPSA) is 32.3 Å². The largest absolute Gasteiger partial charge is 0.339 e. The standard InChI is InChI=1S/C13H18Cl2N2O/c1-9(17(3)13(18)6-7-16-2)11-5-4-10(14)8-12(11)15/h4-5,8-9,16H,6-7H2,1-3H3. The van der Waals surface area contributed by atoms with Gasteiger partial charge in [-0.25, -0.2) is 0 Å². The van der Waals surface area contributed by atoms with E-state index in [-0.39, 0.29) is 11.9 Å². The molecule has 0 saturated carbocycles. The van der Waals surface area contributed by atoms with Gasteiger partial charge >= 0.3 is 0 Å². The Hall–Kier alpha value is -0.770. The Kier molecular flexibility index (Phi) is 5.93. The first-order chi connectivity index (χ1) is 8.47. The highest BCUT2D eigenvalue weighted by Crippen LogP contribution is 2.29. The van der Waals surface area contributed by atoms with Crippen LogP contribution in [-0.2, 0) is 4.79 Å². The zero-order chi connectivity index (χ0) is 13.7. The summed E-state index contributed by atoms with van der Waals surface area (Å²) >= 11 is 12.0. The zero-order valence-corrected chi connectivity index (χ0v) is 12.3. The molecule has 0 saturated heterocycles. The second kappa shape index (κ2) is 6.98. The van der Waals surface area contributed by atoms with Crippen LogP contribution in [-0.4, -0.2) is 31.4 Å². The first-order valence-corrected chi connectivity index (χ1v) is 6.58. The van der Waals surface area contributed by atoms with E-state index in [0.717, 1.165) is 5.56 Å². The van der Waals surface area contributed by atoms with Crippen LogP contribution < -0.4 is 5.32 Å². The highest BCUT2D eigenvalue weighted by Gasteiger charge is 2.19. The Morgan fingerprint density at radius 1 is 1.44 bits per heavy atom. The first kappa shape index (κ1) is 15.3. The van der Waals surface area contributed by atoms with Gasteiger partial charge in [0, 0.05) is 30.1 Å². The van der Waals surface area contributed by atoms with Crippen molar-refractivity contribution < 1.29 is 4.79 Å². The van der Waals surface area contributed by atoms with Crippen molar-refractivity contribution in [2.75, 3.05) is 20.6 Å². The molecule has 1 unspecified atom stereocenters. The lowest BCUT2D eigenvalue weighted by Crippen LogP contribution is -2.31. The van der Waals surface area contributed by atoms with E-state index in [0.29, 0.717) is 23.0 Å².